The molecule has 72 valence electrons. The first-order valence-electron chi connectivity index (χ1n) is 3.64. The van der Waals surface area contributed by atoms with Gasteiger partial charge in [-0.05, 0) is 5.92 Å². The van der Waals surface area contributed by atoms with E-state index in [1.54, 1.807) is 0 Å². The fraction of sp³-hybridized carbons (Fsp3) is 0.750. The third kappa shape index (κ3) is 23.1. The average molecular weight is 176 g/mol. The number of hydrogen-bond acceptors (Lipinski definition) is 4. The van der Waals surface area contributed by atoms with Gasteiger partial charge < -0.3 is 9.47 Å². The molecule has 0 heterocycles. The summed E-state index contributed by atoms with van der Waals surface area (Å²) in [7, 11) is 1.35. The molecule has 0 aromatic carbocycles. The second-order valence-electron chi connectivity index (χ2n) is 2.52. The van der Waals surface area contributed by atoms with Crippen molar-refractivity contribution in [3.63, 3.8) is 0 Å². The molecule has 0 aromatic heterocycles. The molecular weight excluding hydrogens is 160 g/mol. The first kappa shape index (κ1) is 13.5. The second-order valence-corrected chi connectivity index (χ2v) is 2.52. The van der Waals surface area contributed by atoms with Crippen LogP contribution in [-0.2, 0) is 19.1 Å². The number of carbonyl (C=O) groups is 2. The summed E-state index contributed by atoms with van der Waals surface area (Å²) in [6, 6.07) is 0. The first-order valence-corrected chi connectivity index (χ1v) is 3.64. The fourth-order valence-electron chi connectivity index (χ4n) is 0.232. The number of ether oxygens (including phenoxy) is 2. The lowest BCUT2D eigenvalue weighted by Crippen LogP contribution is -1.98. The van der Waals surface area contributed by atoms with Gasteiger partial charge in [0.05, 0.1) is 13.7 Å². The Hall–Kier alpha value is -1.06. The van der Waals surface area contributed by atoms with Gasteiger partial charge >= 0.3 is 5.97 Å². The van der Waals surface area contributed by atoms with Crippen LogP contribution in [0.15, 0.2) is 0 Å². The second kappa shape index (κ2) is 9.94. The summed E-state index contributed by atoms with van der Waals surface area (Å²) in [5.41, 5.74) is 0. The molecule has 0 saturated heterocycles. The molecule has 0 unspecified atom stereocenters. The van der Waals surface area contributed by atoms with E-state index in [4.69, 9.17) is 0 Å². The molecular formula is C8H16O4. The lowest BCUT2D eigenvalue weighted by atomic mass is 10.2. The zero-order valence-electron chi connectivity index (χ0n) is 7.99. The van der Waals surface area contributed by atoms with E-state index in [1.807, 2.05) is 13.8 Å². The Bertz CT molecular complexity index is 120. The summed E-state index contributed by atoms with van der Waals surface area (Å²) >= 11 is 0. The minimum atomic E-state index is -0.245. The number of esters is 1. The van der Waals surface area contributed by atoms with Crippen LogP contribution in [0.4, 0.5) is 0 Å². The Balaban J connectivity index is 0. The topological polar surface area (TPSA) is 52.6 Å². The molecule has 0 amide bonds. The van der Waals surface area contributed by atoms with Crippen molar-refractivity contribution in [3.05, 3.63) is 0 Å². The maximum atomic E-state index is 9.59. The molecule has 0 aromatic rings. The van der Waals surface area contributed by atoms with Crippen LogP contribution in [0, 0.1) is 5.92 Å². The molecule has 4 heteroatoms. The van der Waals surface area contributed by atoms with Crippen LogP contribution in [0.2, 0.25) is 0 Å². The van der Waals surface area contributed by atoms with Crippen LogP contribution in [0.3, 0.4) is 0 Å². The van der Waals surface area contributed by atoms with E-state index in [0.717, 1.165) is 0 Å². The largest absolute Gasteiger partial charge is 0.469 e. The molecule has 0 aliphatic rings. The first-order chi connectivity index (χ1) is 5.54. The van der Waals surface area contributed by atoms with Crippen molar-refractivity contribution < 1.29 is 19.1 Å². The Labute approximate surface area is 72.8 Å². The molecule has 0 aliphatic heterocycles. The molecule has 0 aliphatic carbocycles. The van der Waals surface area contributed by atoms with Crippen molar-refractivity contribution in [2.45, 2.75) is 20.8 Å². The molecule has 4 nitrogen and oxygen atoms in total. The third-order valence-corrected chi connectivity index (χ3v) is 0.785. The Kier molecular flexibility index (Phi) is 11.2. The Morgan fingerprint density at radius 1 is 1.50 bits per heavy atom. The predicted octanol–water partition coefficient (Wildman–Crippen LogP) is 0.995. The summed E-state index contributed by atoms with van der Waals surface area (Å²) in [4.78, 5) is 19.1. The van der Waals surface area contributed by atoms with E-state index in [0.29, 0.717) is 19.0 Å². The van der Waals surface area contributed by atoms with Gasteiger partial charge in [-0.3, -0.25) is 9.59 Å². The maximum Gasteiger partial charge on any atom is 0.302 e. The highest BCUT2D eigenvalue weighted by atomic mass is 16.5. The zero-order valence-corrected chi connectivity index (χ0v) is 7.99. The van der Waals surface area contributed by atoms with Gasteiger partial charge in [-0.1, -0.05) is 13.8 Å². The smallest absolute Gasteiger partial charge is 0.302 e. The quantitative estimate of drug-likeness (QED) is 0.475. The van der Waals surface area contributed by atoms with Gasteiger partial charge in [0.2, 0.25) is 0 Å². The SMILES string of the molecule is CC(C)COC=O.COC(C)=O. The van der Waals surface area contributed by atoms with E-state index in [2.05, 4.69) is 9.47 Å². The van der Waals surface area contributed by atoms with Gasteiger partial charge in [-0.25, -0.2) is 0 Å². The van der Waals surface area contributed by atoms with Crippen molar-refractivity contribution in [2.75, 3.05) is 13.7 Å². The van der Waals surface area contributed by atoms with Crippen LogP contribution in [0.5, 0.6) is 0 Å². The minimum Gasteiger partial charge on any atom is -0.469 e. The number of methoxy groups -OCH3 is 1. The summed E-state index contributed by atoms with van der Waals surface area (Å²) in [5.74, 6) is 0.204. The predicted molar refractivity (Wildman–Crippen MR) is 44.5 cm³/mol. The fourth-order valence-corrected chi connectivity index (χ4v) is 0.232. The van der Waals surface area contributed by atoms with Gasteiger partial charge in [0, 0.05) is 6.92 Å². The van der Waals surface area contributed by atoms with Gasteiger partial charge in [-0.2, -0.15) is 0 Å². The van der Waals surface area contributed by atoms with Crippen LogP contribution >= 0.6 is 0 Å². The lowest BCUT2D eigenvalue weighted by molar-refractivity contribution is -0.138. The highest BCUT2D eigenvalue weighted by Gasteiger charge is 1.88. The van der Waals surface area contributed by atoms with E-state index >= 15 is 0 Å². The summed E-state index contributed by atoms with van der Waals surface area (Å²) in [6.07, 6.45) is 0. The normalized spacial score (nSPS) is 8.08. The third-order valence-electron chi connectivity index (χ3n) is 0.785. The van der Waals surface area contributed by atoms with Crippen molar-refractivity contribution >= 4 is 12.4 Å². The molecule has 0 spiro atoms. The zero-order chi connectivity index (χ0) is 9.98. The number of carbonyl (C=O) groups excluding carboxylic acids is 2. The molecule has 0 fully saturated rings. The van der Waals surface area contributed by atoms with Gasteiger partial charge in [0.1, 0.15) is 0 Å². The Morgan fingerprint density at radius 2 is 1.92 bits per heavy atom. The van der Waals surface area contributed by atoms with Crippen molar-refractivity contribution in [1.82, 2.24) is 0 Å². The number of rotatable bonds is 3. The van der Waals surface area contributed by atoms with Crippen LogP contribution in [-0.4, -0.2) is 26.2 Å². The van der Waals surface area contributed by atoms with Crippen molar-refractivity contribution in [2.24, 2.45) is 5.92 Å². The molecule has 0 bridgehead atoms. The molecule has 0 atom stereocenters. The maximum absolute atomic E-state index is 9.59. The minimum absolute atomic E-state index is 0.245. The van der Waals surface area contributed by atoms with Crippen LogP contribution < -0.4 is 0 Å². The van der Waals surface area contributed by atoms with E-state index in [9.17, 15) is 9.59 Å². The summed E-state index contributed by atoms with van der Waals surface area (Å²) in [5, 5.41) is 0. The summed E-state index contributed by atoms with van der Waals surface area (Å²) < 4.78 is 8.53. The Morgan fingerprint density at radius 3 is 2.00 bits per heavy atom. The van der Waals surface area contributed by atoms with Crippen LogP contribution in [0.1, 0.15) is 20.8 Å². The van der Waals surface area contributed by atoms with E-state index in [1.165, 1.54) is 14.0 Å². The summed E-state index contributed by atoms with van der Waals surface area (Å²) in [6.45, 7) is 6.34. The average Bonchev–Trinajstić information content (AvgIpc) is 2.02. The van der Waals surface area contributed by atoms with Crippen LogP contribution in [0.25, 0.3) is 0 Å². The molecule has 0 N–H and O–H groups in total. The highest BCUT2D eigenvalue weighted by molar-refractivity contribution is 5.65. The molecule has 0 saturated carbocycles. The molecule has 12 heavy (non-hydrogen) atoms. The van der Waals surface area contributed by atoms with E-state index in [-0.39, 0.29) is 5.97 Å². The molecule has 0 radical (unpaired) electrons. The molecule has 0 rings (SSSR count). The lowest BCUT2D eigenvalue weighted by Gasteiger charge is -1.98. The number of hydrogen-bond donors (Lipinski definition) is 0. The van der Waals surface area contributed by atoms with Crippen molar-refractivity contribution in [1.29, 1.82) is 0 Å². The van der Waals surface area contributed by atoms with E-state index < -0.39 is 0 Å². The van der Waals surface area contributed by atoms with Gasteiger partial charge in [0.25, 0.3) is 6.47 Å². The highest BCUT2D eigenvalue weighted by Crippen LogP contribution is 1.88. The van der Waals surface area contributed by atoms with Crippen molar-refractivity contribution in [3.8, 4) is 0 Å². The van der Waals surface area contributed by atoms with Gasteiger partial charge in [0.15, 0.2) is 0 Å². The van der Waals surface area contributed by atoms with Gasteiger partial charge in [-0.15, -0.1) is 0 Å². The standard InChI is InChI=1S/C5H10O2.C3H6O2/c1-5(2)3-7-4-6;1-3(4)5-2/h4-5H,3H2,1-2H3;1-2H3. The monoisotopic (exact) mass is 176 g/mol.